The second kappa shape index (κ2) is 8.91. The predicted molar refractivity (Wildman–Crippen MR) is 118 cm³/mol. The molecule has 2 atom stereocenters. The average Bonchev–Trinajstić information content (AvgIpc) is 2.75. The van der Waals surface area contributed by atoms with E-state index in [9.17, 15) is 4.79 Å². The molecule has 3 aliphatic rings. The smallest absolute Gasteiger partial charge is 0.244 e. The number of amides is 1. The van der Waals surface area contributed by atoms with Gasteiger partial charge >= 0.3 is 0 Å². The van der Waals surface area contributed by atoms with E-state index in [2.05, 4.69) is 59.4 Å². The second-order valence-corrected chi connectivity index (χ2v) is 8.70. The quantitative estimate of drug-likeness (QED) is 0.759. The van der Waals surface area contributed by atoms with Crippen molar-refractivity contribution >= 4 is 12.0 Å². The maximum Gasteiger partial charge on any atom is 0.244 e. The molecule has 29 heavy (non-hydrogen) atoms. The molecule has 1 N–H and O–H groups in total. The first kappa shape index (κ1) is 19.8. The first-order chi connectivity index (χ1) is 14.1. The number of aromatic nitrogens is 1. The average molecular weight is 390 g/mol. The normalized spacial score (nSPS) is 26.2. The fraction of sp³-hybridized carbons (Fsp3) is 0.440. The zero-order valence-electron chi connectivity index (χ0n) is 17.4. The van der Waals surface area contributed by atoms with E-state index >= 15 is 0 Å². The van der Waals surface area contributed by atoms with Crippen LogP contribution in [-0.2, 0) is 11.2 Å². The molecule has 0 saturated carbocycles. The van der Waals surface area contributed by atoms with Crippen molar-refractivity contribution in [3.8, 4) is 0 Å². The summed E-state index contributed by atoms with van der Waals surface area (Å²) in [5, 5.41) is 3.33. The third kappa shape index (κ3) is 4.76. The molecule has 3 aliphatic heterocycles. The second-order valence-electron chi connectivity index (χ2n) is 8.70. The zero-order valence-corrected chi connectivity index (χ0v) is 17.4. The van der Waals surface area contributed by atoms with E-state index in [-0.39, 0.29) is 11.9 Å². The standard InChI is InChI=1S/C25H31N3O/c1-18(2)21-8-5-19(6-9-21)7-10-24(29)27-25-22-11-14-28(15-12-22)23(25)16-20-4-3-13-26-17-20/h3-10,13,17-18,22-23,25H,11-12,14-16H2,1-2H3,(H,27,29). The van der Waals surface area contributed by atoms with Gasteiger partial charge in [0.2, 0.25) is 5.91 Å². The van der Waals surface area contributed by atoms with Gasteiger partial charge in [0.05, 0.1) is 0 Å². The van der Waals surface area contributed by atoms with Crippen molar-refractivity contribution in [1.82, 2.24) is 15.2 Å². The summed E-state index contributed by atoms with van der Waals surface area (Å²) in [4.78, 5) is 19.5. The summed E-state index contributed by atoms with van der Waals surface area (Å²) in [6, 6.07) is 13.1. The first-order valence-electron chi connectivity index (χ1n) is 10.8. The van der Waals surface area contributed by atoms with Crippen molar-refractivity contribution in [3.63, 3.8) is 0 Å². The highest BCUT2D eigenvalue weighted by atomic mass is 16.1. The highest BCUT2D eigenvalue weighted by Gasteiger charge is 2.42. The largest absolute Gasteiger partial charge is 0.348 e. The van der Waals surface area contributed by atoms with Crippen molar-refractivity contribution in [2.75, 3.05) is 13.1 Å². The zero-order chi connectivity index (χ0) is 20.2. The summed E-state index contributed by atoms with van der Waals surface area (Å²) in [7, 11) is 0. The van der Waals surface area contributed by atoms with E-state index < -0.39 is 0 Å². The van der Waals surface area contributed by atoms with Gasteiger partial charge in [0.15, 0.2) is 0 Å². The van der Waals surface area contributed by atoms with Crippen molar-refractivity contribution in [1.29, 1.82) is 0 Å². The third-order valence-corrected chi connectivity index (χ3v) is 6.47. The van der Waals surface area contributed by atoms with Gasteiger partial charge in [-0.05, 0) is 73.0 Å². The lowest BCUT2D eigenvalue weighted by Crippen LogP contribution is -2.64. The molecule has 152 valence electrons. The Morgan fingerprint density at radius 2 is 1.97 bits per heavy atom. The summed E-state index contributed by atoms with van der Waals surface area (Å²) in [6.45, 7) is 6.66. The Labute approximate surface area is 174 Å². The minimum absolute atomic E-state index is 0.00729. The SMILES string of the molecule is CC(C)c1ccc(C=CC(=O)NC2C3CCN(CC3)C2Cc2cccnc2)cc1. The van der Waals surface area contributed by atoms with Crippen LogP contribution in [-0.4, -0.2) is 41.0 Å². The van der Waals surface area contributed by atoms with Crippen LogP contribution in [0.1, 0.15) is 49.3 Å². The van der Waals surface area contributed by atoms with Crippen LogP contribution in [0.15, 0.2) is 54.9 Å². The van der Waals surface area contributed by atoms with E-state index in [1.54, 1.807) is 6.08 Å². The highest BCUT2D eigenvalue weighted by Crippen LogP contribution is 2.34. The Hall–Kier alpha value is -2.46. The summed E-state index contributed by atoms with van der Waals surface area (Å²) in [6.07, 6.45) is 10.6. The van der Waals surface area contributed by atoms with Crippen LogP contribution in [0.5, 0.6) is 0 Å². The topological polar surface area (TPSA) is 45.2 Å². The van der Waals surface area contributed by atoms with E-state index in [0.29, 0.717) is 17.9 Å². The number of hydrogen-bond donors (Lipinski definition) is 1. The maximum atomic E-state index is 12.7. The van der Waals surface area contributed by atoms with Crippen LogP contribution in [0.3, 0.4) is 0 Å². The molecule has 0 spiro atoms. The van der Waals surface area contributed by atoms with Gasteiger partial charge in [-0.2, -0.15) is 0 Å². The van der Waals surface area contributed by atoms with Gasteiger partial charge in [0, 0.05) is 30.6 Å². The van der Waals surface area contributed by atoms with Crippen LogP contribution in [0.4, 0.5) is 0 Å². The maximum absolute atomic E-state index is 12.7. The number of carbonyl (C=O) groups is 1. The Balaban J connectivity index is 1.42. The predicted octanol–water partition coefficient (Wildman–Crippen LogP) is 4.04. The first-order valence-corrected chi connectivity index (χ1v) is 10.8. The molecule has 5 rings (SSSR count). The number of piperidine rings is 3. The van der Waals surface area contributed by atoms with Crippen LogP contribution < -0.4 is 5.32 Å². The fourth-order valence-corrected chi connectivity index (χ4v) is 4.76. The molecule has 4 heterocycles. The van der Waals surface area contributed by atoms with Crippen LogP contribution in [0.25, 0.3) is 6.08 Å². The molecule has 2 bridgehead atoms. The molecular weight excluding hydrogens is 358 g/mol. The fourth-order valence-electron chi connectivity index (χ4n) is 4.76. The van der Waals surface area contributed by atoms with Crippen LogP contribution in [0, 0.1) is 5.92 Å². The minimum Gasteiger partial charge on any atom is -0.348 e. The molecule has 4 heteroatoms. The third-order valence-electron chi connectivity index (χ3n) is 6.47. The minimum atomic E-state index is 0.00729. The lowest BCUT2D eigenvalue weighted by atomic mass is 9.77. The molecule has 0 radical (unpaired) electrons. The Morgan fingerprint density at radius 1 is 1.21 bits per heavy atom. The summed E-state index contributed by atoms with van der Waals surface area (Å²) < 4.78 is 0. The Bertz CT molecular complexity index is 836. The number of pyridine rings is 1. The van der Waals surface area contributed by atoms with Crippen molar-refractivity contribution < 1.29 is 4.79 Å². The van der Waals surface area contributed by atoms with Crippen LogP contribution in [0.2, 0.25) is 0 Å². The molecular formula is C25H31N3O. The van der Waals surface area contributed by atoms with E-state index in [0.717, 1.165) is 25.1 Å². The number of hydrogen-bond acceptors (Lipinski definition) is 3. The molecule has 1 amide bonds. The van der Waals surface area contributed by atoms with Crippen molar-refractivity contribution in [2.24, 2.45) is 5.92 Å². The van der Waals surface area contributed by atoms with Gasteiger partial charge in [-0.1, -0.05) is 44.2 Å². The van der Waals surface area contributed by atoms with Crippen molar-refractivity contribution in [3.05, 3.63) is 71.6 Å². The van der Waals surface area contributed by atoms with E-state index in [4.69, 9.17) is 0 Å². The molecule has 1 aromatic heterocycles. The molecule has 3 fully saturated rings. The monoisotopic (exact) mass is 389 g/mol. The summed E-state index contributed by atoms with van der Waals surface area (Å²) >= 11 is 0. The van der Waals surface area contributed by atoms with Gasteiger partial charge in [0.1, 0.15) is 0 Å². The number of fused-ring (bicyclic) bond motifs is 3. The lowest BCUT2D eigenvalue weighted by Gasteiger charge is -2.51. The molecule has 2 aromatic rings. The number of nitrogens with zero attached hydrogens (tertiary/aromatic N) is 2. The molecule has 2 unspecified atom stereocenters. The molecule has 1 aromatic carbocycles. The van der Waals surface area contributed by atoms with Gasteiger partial charge in [-0.3, -0.25) is 14.7 Å². The number of nitrogens with one attached hydrogen (secondary N) is 1. The highest BCUT2D eigenvalue weighted by molar-refractivity contribution is 5.92. The molecule has 0 aliphatic carbocycles. The Kier molecular flexibility index (Phi) is 6.10. The van der Waals surface area contributed by atoms with E-state index in [1.165, 1.54) is 24.0 Å². The van der Waals surface area contributed by atoms with Gasteiger partial charge in [-0.25, -0.2) is 0 Å². The van der Waals surface area contributed by atoms with Gasteiger partial charge in [-0.15, -0.1) is 0 Å². The van der Waals surface area contributed by atoms with Gasteiger partial charge < -0.3 is 5.32 Å². The number of carbonyl (C=O) groups excluding carboxylic acids is 1. The number of benzene rings is 1. The summed E-state index contributed by atoms with van der Waals surface area (Å²) in [5.41, 5.74) is 3.62. The van der Waals surface area contributed by atoms with Crippen LogP contribution >= 0.6 is 0 Å². The van der Waals surface area contributed by atoms with Gasteiger partial charge in [0.25, 0.3) is 0 Å². The molecule has 3 saturated heterocycles. The Morgan fingerprint density at radius 3 is 2.62 bits per heavy atom. The van der Waals surface area contributed by atoms with E-state index in [1.807, 2.05) is 24.5 Å². The molecule has 4 nitrogen and oxygen atoms in total. The summed E-state index contributed by atoms with van der Waals surface area (Å²) in [5.74, 6) is 1.10. The van der Waals surface area contributed by atoms with Crippen molar-refractivity contribution in [2.45, 2.75) is 51.1 Å². The number of rotatable bonds is 6. The lowest BCUT2D eigenvalue weighted by molar-refractivity contribution is -0.119.